The summed E-state index contributed by atoms with van der Waals surface area (Å²) in [6.45, 7) is 0.420. The highest BCUT2D eigenvalue weighted by Gasteiger charge is 2.09. The fourth-order valence-corrected chi connectivity index (χ4v) is 1.56. The Morgan fingerprint density at radius 2 is 2.22 bits per heavy atom. The van der Waals surface area contributed by atoms with Crippen molar-refractivity contribution in [1.29, 1.82) is 0 Å². The number of hydrogen-bond acceptors (Lipinski definition) is 5. The molecule has 0 spiro atoms. The van der Waals surface area contributed by atoms with Crippen LogP contribution in [0.1, 0.15) is 5.69 Å². The number of nitro groups is 1. The monoisotopic (exact) mass is 264 g/mol. The number of aromatic nitrogens is 2. The molecule has 0 aliphatic heterocycles. The molecule has 1 aromatic carbocycles. The van der Waals surface area contributed by atoms with Crippen molar-refractivity contribution in [2.45, 2.75) is 6.54 Å². The standard InChI is InChI=1S/C11H9ClN4O2/c12-10-2-1-9(16(17)18)5-11(10)14-6-8-3-4-13-7-15-8/h1-5,7,14H,6H2. The van der Waals surface area contributed by atoms with Crippen molar-refractivity contribution >= 4 is 23.0 Å². The van der Waals surface area contributed by atoms with Gasteiger partial charge in [-0.15, -0.1) is 0 Å². The predicted molar refractivity (Wildman–Crippen MR) is 67.5 cm³/mol. The van der Waals surface area contributed by atoms with Gasteiger partial charge in [0.15, 0.2) is 0 Å². The third-order valence-corrected chi connectivity index (χ3v) is 2.59. The molecule has 0 fully saturated rings. The van der Waals surface area contributed by atoms with Gasteiger partial charge >= 0.3 is 0 Å². The van der Waals surface area contributed by atoms with Crippen LogP contribution in [0.25, 0.3) is 0 Å². The smallest absolute Gasteiger partial charge is 0.271 e. The molecule has 0 amide bonds. The van der Waals surface area contributed by atoms with E-state index < -0.39 is 4.92 Å². The van der Waals surface area contributed by atoms with Crippen molar-refractivity contribution in [3.8, 4) is 0 Å². The molecule has 0 aliphatic carbocycles. The summed E-state index contributed by atoms with van der Waals surface area (Å²) in [6, 6.07) is 5.99. The lowest BCUT2D eigenvalue weighted by Crippen LogP contribution is -2.02. The second-order valence-corrected chi connectivity index (χ2v) is 3.88. The van der Waals surface area contributed by atoms with E-state index in [0.29, 0.717) is 17.3 Å². The first kappa shape index (κ1) is 12.3. The van der Waals surface area contributed by atoms with Crippen molar-refractivity contribution in [2.75, 3.05) is 5.32 Å². The average molecular weight is 265 g/mol. The van der Waals surface area contributed by atoms with Crippen LogP contribution in [0.3, 0.4) is 0 Å². The summed E-state index contributed by atoms with van der Waals surface area (Å²) in [4.78, 5) is 18.0. The van der Waals surface area contributed by atoms with Gasteiger partial charge in [-0.25, -0.2) is 9.97 Å². The van der Waals surface area contributed by atoms with E-state index in [-0.39, 0.29) is 5.69 Å². The zero-order valence-electron chi connectivity index (χ0n) is 9.21. The van der Waals surface area contributed by atoms with Crippen LogP contribution in [0.4, 0.5) is 11.4 Å². The highest BCUT2D eigenvalue weighted by molar-refractivity contribution is 6.33. The van der Waals surface area contributed by atoms with Crippen LogP contribution in [0.2, 0.25) is 5.02 Å². The molecule has 1 heterocycles. The van der Waals surface area contributed by atoms with E-state index in [4.69, 9.17) is 11.6 Å². The molecule has 7 heteroatoms. The number of non-ortho nitro benzene ring substituents is 1. The number of rotatable bonds is 4. The first-order chi connectivity index (χ1) is 8.66. The van der Waals surface area contributed by atoms with E-state index in [9.17, 15) is 10.1 Å². The maximum atomic E-state index is 10.7. The summed E-state index contributed by atoms with van der Waals surface area (Å²) in [5, 5.41) is 14.1. The van der Waals surface area contributed by atoms with Gasteiger partial charge in [-0.1, -0.05) is 11.6 Å². The lowest BCUT2D eigenvalue weighted by molar-refractivity contribution is -0.384. The SMILES string of the molecule is O=[N+]([O-])c1ccc(Cl)c(NCc2ccncn2)c1. The first-order valence-corrected chi connectivity index (χ1v) is 5.47. The summed E-state index contributed by atoms with van der Waals surface area (Å²) in [5.74, 6) is 0. The minimum Gasteiger partial charge on any atom is -0.378 e. The normalized spacial score (nSPS) is 10.1. The minimum atomic E-state index is -0.466. The van der Waals surface area contributed by atoms with E-state index in [1.54, 1.807) is 12.3 Å². The molecule has 1 N–H and O–H groups in total. The number of nitro benzene ring substituents is 1. The first-order valence-electron chi connectivity index (χ1n) is 5.09. The third-order valence-electron chi connectivity index (χ3n) is 2.26. The largest absolute Gasteiger partial charge is 0.378 e. The fraction of sp³-hybridized carbons (Fsp3) is 0.0909. The van der Waals surface area contributed by atoms with Crippen molar-refractivity contribution in [1.82, 2.24) is 9.97 Å². The van der Waals surface area contributed by atoms with Gasteiger partial charge in [0.05, 0.1) is 27.9 Å². The number of nitrogens with one attached hydrogen (secondary N) is 1. The van der Waals surface area contributed by atoms with Gasteiger partial charge in [-0.2, -0.15) is 0 Å². The molecule has 0 saturated carbocycles. The Labute approximate surface area is 108 Å². The maximum Gasteiger partial charge on any atom is 0.271 e. The van der Waals surface area contributed by atoms with Gasteiger partial charge in [0.1, 0.15) is 6.33 Å². The van der Waals surface area contributed by atoms with E-state index in [0.717, 1.165) is 5.69 Å². The van der Waals surface area contributed by atoms with Crippen molar-refractivity contribution < 1.29 is 4.92 Å². The molecule has 2 aromatic rings. The van der Waals surface area contributed by atoms with Crippen LogP contribution < -0.4 is 5.32 Å². The molecule has 0 saturated heterocycles. The van der Waals surface area contributed by atoms with Crippen molar-refractivity contribution in [3.05, 3.63) is 57.6 Å². The Balaban J connectivity index is 2.14. The second-order valence-electron chi connectivity index (χ2n) is 3.48. The zero-order valence-corrected chi connectivity index (χ0v) is 9.96. The molecule has 92 valence electrons. The topological polar surface area (TPSA) is 81.0 Å². The van der Waals surface area contributed by atoms with E-state index in [1.165, 1.54) is 24.5 Å². The van der Waals surface area contributed by atoms with Gasteiger partial charge in [0.2, 0.25) is 0 Å². The maximum absolute atomic E-state index is 10.7. The van der Waals surface area contributed by atoms with Crippen LogP contribution >= 0.6 is 11.6 Å². The van der Waals surface area contributed by atoms with Gasteiger partial charge in [-0.3, -0.25) is 10.1 Å². The van der Waals surface area contributed by atoms with Gasteiger partial charge in [0.25, 0.3) is 5.69 Å². The Bertz CT molecular complexity index is 562. The molecule has 1 aromatic heterocycles. The van der Waals surface area contributed by atoms with Crippen LogP contribution in [0.15, 0.2) is 36.8 Å². The third kappa shape index (κ3) is 2.92. The summed E-state index contributed by atoms with van der Waals surface area (Å²) in [7, 11) is 0. The number of benzene rings is 1. The van der Waals surface area contributed by atoms with Crippen LogP contribution in [-0.2, 0) is 6.54 Å². The van der Waals surface area contributed by atoms with Crippen LogP contribution in [0, 0.1) is 10.1 Å². The summed E-state index contributed by atoms with van der Waals surface area (Å²) >= 11 is 5.95. The Kier molecular flexibility index (Phi) is 3.69. The number of nitrogens with zero attached hydrogens (tertiary/aromatic N) is 3. The summed E-state index contributed by atoms with van der Waals surface area (Å²) < 4.78 is 0. The molecule has 2 rings (SSSR count). The highest BCUT2D eigenvalue weighted by atomic mass is 35.5. The number of hydrogen-bond donors (Lipinski definition) is 1. The molecule has 0 radical (unpaired) electrons. The molecular weight excluding hydrogens is 256 g/mol. The summed E-state index contributed by atoms with van der Waals surface area (Å²) in [5.41, 5.74) is 1.27. The van der Waals surface area contributed by atoms with Crippen LogP contribution in [-0.4, -0.2) is 14.9 Å². The number of halogens is 1. The zero-order chi connectivity index (χ0) is 13.0. The Morgan fingerprint density at radius 3 is 2.89 bits per heavy atom. The molecule has 0 aliphatic rings. The van der Waals surface area contributed by atoms with Gasteiger partial charge in [-0.05, 0) is 12.1 Å². The molecule has 6 nitrogen and oxygen atoms in total. The van der Waals surface area contributed by atoms with Gasteiger partial charge < -0.3 is 5.32 Å². The molecule has 0 atom stereocenters. The lowest BCUT2D eigenvalue weighted by Gasteiger charge is -2.07. The van der Waals surface area contributed by atoms with E-state index >= 15 is 0 Å². The molecule has 0 unspecified atom stereocenters. The number of anilines is 1. The van der Waals surface area contributed by atoms with E-state index in [1.807, 2.05) is 0 Å². The predicted octanol–water partition coefficient (Wildman–Crippen LogP) is 2.65. The summed E-state index contributed by atoms with van der Waals surface area (Å²) in [6.07, 6.45) is 3.06. The average Bonchev–Trinajstić information content (AvgIpc) is 2.38. The molecule has 18 heavy (non-hydrogen) atoms. The molecular formula is C11H9ClN4O2. The van der Waals surface area contributed by atoms with Gasteiger partial charge in [0, 0.05) is 18.3 Å². The Morgan fingerprint density at radius 1 is 1.39 bits per heavy atom. The van der Waals surface area contributed by atoms with E-state index in [2.05, 4.69) is 15.3 Å². The van der Waals surface area contributed by atoms with Crippen molar-refractivity contribution in [2.24, 2.45) is 0 Å². The van der Waals surface area contributed by atoms with Crippen LogP contribution in [0.5, 0.6) is 0 Å². The second kappa shape index (κ2) is 5.42. The molecule has 0 bridgehead atoms. The minimum absolute atomic E-state index is 0.00964. The highest BCUT2D eigenvalue weighted by Crippen LogP contribution is 2.26. The fourth-order valence-electron chi connectivity index (χ4n) is 1.37. The van der Waals surface area contributed by atoms with Crippen molar-refractivity contribution in [3.63, 3.8) is 0 Å². The Hall–Kier alpha value is -2.21. The lowest BCUT2D eigenvalue weighted by atomic mass is 10.2. The quantitative estimate of drug-likeness (QED) is 0.678.